The number of nitrogens with one attached hydrogen (secondary N) is 1. The van der Waals surface area contributed by atoms with Crippen molar-refractivity contribution in [2.24, 2.45) is 0 Å². The van der Waals surface area contributed by atoms with Crippen molar-refractivity contribution in [1.29, 1.82) is 0 Å². The molecule has 0 unspecified atom stereocenters. The molecule has 6 N–H and O–H groups in total. The Morgan fingerprint density at radius 2 is 1.65 bits per heavy atom. The summed E-state index contributed by atoms with van der Waals surface area (Å²) in [4.78, 5) is 11.6. The van der Waals surface area contributed by atoms with E-state index in [2.05, 4.69) is 21.2 Å². The molecule has 0 saturated heterocycles. The molecule has 0 aromatic heterocycles. The zero-order valence-electron chi connectivity index (χ0n) is 12.2. The third kappa shape index (κ3) is 6.81. The van der Waals surface area contributed by atoms with Crippen molar-refractivity contribution in [3.8, 4) is 5.75 Å². The van der Waals surface area contributed by atoms with Crippen LogP contribution in [0.4, 0.5) is 0 Å². The summed E-state index contributed by atoms with van der Waals surface area (Å²) < 4.78 is 6.09. The van der Waals surface area contributed by atoms with E-state index in [0.29, 0.717) is 5.75 Å². The molecule has 23 heavy (non-hydrogen) atoms. The zero-order chi connectivity index (χ0) is 17.4. The molecular weight excluding hydrogens is 374 g/mol. The lowest BCUT2D eigenvalue weighted by atomic mass is 10.0. The van der Waals surface area contributed by atoms with Gasteiger partial charge in [-0.25, -0.2) is 0 Å². The fourth-order valence-corrected chi connectivity index (χ4v) is 1.90. The van der Waals surface area contributed by atoms with Gasteiger partial charge in [-0.1, -0.05) is 15.9 Å². The summed E-state index contributed by atoms with van der Waals surface area (Å²) in [5.41, 5.74) is 0. The van der Waals surface area contributed by atoms with Gasteiger partial charge in [0.05, 0.1) is 12.7 Å². The first-order valence-corrected chi connectivity index (χ1v) is 7.62. The van der Waals surface area contributed by atoms with Crippen LogP contribution in [0.3, 0.4) is 0 Å². The Balaban J connectivity index is 2.33. The fourth-order valence-electron chi connectivity index (χ4n) is 1.63. The van der Waals surface area contributed by atoms with Crippen LogP contribution in [0, 0.1) is 0 Å². The lowest BCUT2D eigenvalue weighted by Gasteiger charge is -2.25. The molecule has 0 radical (unpaired) electrons. The lowest BCUT2D eigenvalue weighted by Crippen LogP contribution is -2.50. The normalized spacial score (nSPS) is 16.3. The number of ether oxygens (including phenoxy) is 1. The summed E-state index contributed by atoms with van der Waals surface area (Å²) in [7, 11) is 0. The van der Waals surface area contributed by atoms with Gasteiger partial charge in [-0.15, -0.1) is 0 Å². The van der Waals surface area contributed by atoms with Gasteiger partial charge in [-0.05, 0) is 24.3 Å². The number of hydrogen-bond acceptors (Lipinski definition) is 7. The van der Waals surface area contributed by atoms with Gasteiger partial charge in [0.25, 0.3) is 5.91 Å². The minimum absolute atomic E-state index is 0.285. The smallest absolute Gasteiger partial charge is 0.258 e. The highest BCUT2D eigenvalue weighted by Gasteiger charge is 2.30. The fraction of sp³-hybridized carbons (Fsp3) is 0.500. The number of halogens is 1. The van der Waals surface area contributed by atoms with Crippen molar-refractivity contribution >= 4 is 21.8 Å². The molecule has 0 spiro atoms. The number of carbonyl (C=O) groups is 1. The van der Waals surface area contributed by atoms with Gasteiger partial charge in [0.2, 0.25) is 0 Å². The van der Waals surface area contributed by atoms with Crippen LogP contribution >= 0.6 is 15.9 Å². The van der Waals surface area contributed by atoms with Crippen LogP contribution in [0.1, 0.15) is 0 Å². The van der Waals surface area contributed by atoms with E-state index < -0.39 is 36.9 Å². The maximum atomic E-state index is 11.6. The Morgan fingerprint density at radius 3 is 2.22 bits per heavy atom. The highest BCUT2D eigenvalue weighted by molar-refractivity contribution is 9.10. The highest BCUT2D eigenvalue weighted by atomic mass is 79.9. The van der Waals surface area contributed by atoms with E-state index >= 15 is 0 Å². The predicted octanol–water partition coefficient (Wildman–Crippen LogP) is -1.62. The summed E-state index contributed by atoms with van der Waals surface area (Å²) in [5, 5.41) is 48.8. The van der Waals surface area contributed by atoms with Crippen LogP contribution in [-0.4, -0.2) is 75.6 Å². The molecule has 8 nitrogen and oxygen atoms in total. The van der Waals surface area contributed by atoms with Gasteiger partial charge in [-0.3, -0.25) is 4.79 Å². The monoisotopic (exact) mass is 393 g/mol. The van der Waals surface area contributed by atoms with E-state index in [-0.39, 0.29) is 13.2 Å². The van der Waals surface area contributed by atoms with E-state index in [4.69, 9.17) is 9.84 Å². The molecule has 0 saturated carbocycles. The second kappa shape index (κ2) is 9.81. The Labute approximate surface area is 141 Å². The molecule has 1 rings (SSSR count). The Hall–Kier alpha value is -1.23. The van der Waals surface area contributed by atoms with Gasteiger partial charge >= 0.3 is 0 Å². The van der Waals surface area contributed by atoms with Gasteiger partial charge < -0.3 is 35.6 Å². The third-order valence-electron chi connectivity index (χ3n) is 3.02. The molecule has 0 aliphatic rings. The Morgan fingerprint density at radius 1 is 1.09 bits per heavy atom. The van der Waals surface area contributed by atoms with Crippen LogP contribution in [0.25, 0.3) is 0 Å². The van der Waals surface area contributed by atoms with Gasteiger partial charge in [0.15, 0.2) is 6.61 Å². The van der Waals surface area contributed by atoms with Crippen LogP contribution in [-0.2, 0) is 4.79 Å². The molecule has 0 bridgehead atoms. The van der Waals surface area contributed by atoms with Crippen LogP contribution < -0.4 is 10.1 Å². The van der Waals surface area contributed by atoms with Crippen LogP contribution in [0.15, 0.2) is 28.7 Å². The number of aliphatic hydroxyl groups excluding tert-OH is 5. The quantitative estimate of drug-likeness (QED) is 0.296. The molecular formula is C14H20BrNO7. The molecule has 4 atom stereocenters. The van der Waals surface area contributed by atoms with Crippen molar-refractivity contribution < 1.29 is 35.1 Å². The van der Waals surface area contributed by atoms with E-state index in [0.717, 1.165) is 4.47 Å². The molecule has 0 heterocycles. The molecule has 1 aromatic carbocycles. The first-order valence-electron chi connectivity index (χ1n) is 6.83. The first-order chi connectivity index (χ1) is 10.8. The number of aliphatic hydroxyl groups is 5. The minimum atomic E-state index is -1.73. The molecule has 0 aliphatic carbocycles. The SMILES string of the molecule is O=C(COc1ccc(Br)cc1)NC[C@@H](O)[C@H](O)[C@@H](O)[C@H](O)CO. The Kier molecular flexibility index (Phi) is 8.45. The maximum absolute atomic E-state index is 11.6. The molecule has 1 aromatic rings. The highest BCUT2D eigenvalue weighted by Crippen LogP contribution is 2.15. The van der Waals surface area contributed by atoms with E-state index in [1.807, 2.05) is 0 Å². The molecule has 1 amide bonds. The van der Waals surface area contributed by atoms with Gasteiger partial charge in [0, 0.05) is 11.0 Å². The topological polar surface area (TPSA) is 139 Å². The van der Waals surface area contributed by atoms with Crippen molar-refractivity contribution in [1.82, 2.24) is 5.32 Å². The predicted molar refractivity (Wildman–Crippen MR) is 83.8 cm³/mol. The number of rotatable bonds is 9. The van der Waals surface area contributed by atoms with Crippen LogP contribution in [0.2, 0.25) is 0 Å². The van der Waals surface area contributed by atoms with Crippen molar-refractivity contribution in [3.63, 3.8) is 0 Å². The van der Waals surface area contributed by atoms with Crippen LogP contribution in [0.5, 0.6) is 5.75 Å². The van der Waals surface area contributed by atoms with Crippen molar-refractivity contribution in [2.75, 3.05) is 19.8 Å². The summed E-state index contributed by atoms with van der Waals surface area (Å²) in [6, 6.07) is 6.84. The second-order valence-electron chi connectivity index (χ2n) is 4.85. The molecule has 130 valence electrons. The van der Waals surface area contributed by atoms with E-state index in [9.17, 15) is 25.2 Å². The number of carbonyl (C=O) groups excluding carboxylic acids is 1. The number of benzene rings is 1. The van der Waals surface area contributed by atoms with Gasteiger partial charge in [0.1, 0.15) is 24.1 Å². The number of amides is 1. The lowest BCUT2D eigenvalue weighted by molar-refractivity contribution is -0.127. The average molecular weight is 394 g/mol. The standard InChI is InChI=1S/C14H20BrNO7/c15-8-1-3-9(4-2-8)23-7-12(20)16-5-10(18)13(21)14(22)11(19)6-17/h1-4,10-11,13-14,17-19,21-22H,5-7H2,(H,16,20)/t10-,11-,13+,14+/m1/s1. The largest absolute Gasteiger partial charge is 0.484 e. The molecule has 0 fully saturated rings. The second-order valence-corrected chi connectivity index (χ2v) is 5.76. The first kappa shape index (κ1) is 19.8. The van der Waals surface area contributed by atoms with E-state index in [1.165, 1.54) is 0 Å². The maximum Gasteiger partial charge on any atom is 0.258 e. The Bertz CT molecular complexity index is 485. The molecule has 9 heteroatoms. The van der Waals surface area contributed by atoms with Crippen molar-refractivity contribution in [2.45, 2.75) is 24.4 Å². The van der Waals surface area contributed by atoms with Crippen molar-refractivity contribution in [3.05, 3.63) is 28.7 Å². The molecule has 0 aliphatic heterocycles. The summed E-state index contributed by atoms with van der Waals surface area (Å²) in [6.45, 7) is -1.40. The van der Waals surface area contributed by atoms with Gasteiger partial charge in [-0.2, -0.15) is 0 Å². The number of hydrogen-bond donors (Lipinski definition) is 6. The summed E-state index contributed by atoms with van der Waals surface area (Å²) >= 11 is 3.27. The zero-order valence-corrected chi connectivity index (χ0v) is 13.8. The third-order valence-corrected chi connectivity index (χ3v) is 3.55. The summed E-state index contributed by atoms with van der Waals surface area (Å²) in [6.07, 6.45) is -6.55. The summed E-state index contributed by atoms with van der Waals surface area (Å²) in [5.74, 6) is -0.0400. The average Bonchev–Trinajstić information content (AvgIpc) is 2.56. The van der Waals surface area contributed by atoms with E-state index in [1.54, 1.807) is 24.3 Å². The minimum Gasteiger partial charge on any atom is -0.484 e.